The normalized spacial score (nSPS) is 27.7. The number of Topliss-reactive ketones (excluding diaryl/α,β-unsaturated/α-hetero) is 1. The van der Waals surface area contributed by atoms with Crippen LogP contribution in [0.3, 0.4) is 0 Å². The first kappa shape index (κ1) is 21.8. The summed E-state index contributed by atoms with van der Waals surface area (Å²) in [6, 6.07) is 0. The molecule has 3 N–H and O–H groups in total. The molecule has 0 bridgehead atoms. The molecule has 0 aromatic carbocycles. The van der Waals surface area contributed by atoms with Gasteiger partial charge in [-0.05, 0) is 32.6 Å². The summed E-state index contributed by atoms with van der Waals surface area (Å²) in [5.41, 5.74) is 0. The number of hydrogen-bond donors (Lipinski definition) is 3. The number of ether oxygens (including phenoxy) is 1. The van der Waals surface area contributed by atoms with Crippen molar-refractivity contribution in [2.45, 2.75) is 77.8 Å². The average Bonchev–Trinajstić information content (AvgIpc) is 2.55. The van der Waals surface area contributed by atoms with Crippen LogP contribution >= 0.6 is 0 Å². The number of carbonyl (C=O) groups excluding carboxylic acids is 2. The minimum Gasteiger partial charge on any atom is -0.391 e. The van der Waals surface area contributed by atoms with Crippen LogP contribution in [0.4, 0.5) is 0 Å². The molecule has 0 aliphatic carbocycles. The number of aliphatic hydroxyl groups excluding tert-OH is 2. The van der Waals surface area contributed by atoms with Crippen LogP contribution in [0.5, 0.6) is 0 Å². The fraction of sp³-hybridized carbons (Fsp3) is 0.789. The van der Waals surface area contributed by atoms with Gasteiger partial charge in [0.05, 0.1) is 30.8 Å². The fourth-order valence-electron chi connectivity index (χ4n) is 3.00. The molecule has 6 heteroatoms. The molecule has 1 heterocycles. The lowest BCUT2D eigenvalue weighted by Crippen LogP contribution is -2.42. The molecule has 0 radical (unpaired) electrons. The van der Waals surface area contributed by atoms with Gasteiger partial charge in [0, 0.05) is 18.9 Å². The predicted molar refractivity (Wildman–Crippen MR) is 96.0 cm³/mol. The summed E-state index contributed by atoms with van der Waals surface area (Å²) in [7, 11) is 0. The molecule has 6 nitrogen and oxygen atoms in total. The van der Waals surface area contributed by atoms with Gasteiger partial charge in [-0.15, -0.1) is 0 Å². The van der Waals surface area contributed by atoms with Gasteiger partial charge in [0.25, 0.3) is 0 Å². The summed E-state index contributed by atoms with van der Waals surface area (Å²) in [5, 5.41) is 22.4. The molecule has 1 fully saturated rings. The number of aliphatic hydroxyl groups is 2. The third-order valence-corrected chi connectivity index (χ3v) is 4.98. The number of carbonyl (C=O) groups is 2. The smallest absolute Gasteiger partial charge is 0.222 e. The maximum Gasteiger partial charge on any atom is 0.222 e. The standard InChI is InChI=1S/C19H33NO5/c1-5-6-15(22)9-16-8-7-12(2)18(25-16)10-19(24)20-11-17(23)13(3)14(4)21/h5-6,12-13,15-18,22-23H,7-11H2,1-4H3,(H,20,24)/b6-5+. The van der Waals surface area contributed by atoms with Crippen molar-refractivity contribution in [1.29, 1.82) is 0 Å². The molecule has 0 spiro atoms. The molecule has 1 amide bonds. The van der Waals surface area contributed by atoms with Crippen molar-refractivity contribution in [1.82, 2.24) is 5.32 Å². The summed E-state index contributed by atoms with van der Waals surface area (Å²) in [5.74, 6) is -0.528. The molecule has 0 saturated carbocycles. The molecule has 1 aliphatic heterocycles. The van der Waals surface area contributed by atoms with Crippen molar-refractivity contribution in [3.05, 3.63) is 12.2 Å². The van der Waals surface area contributed by atoms with E-state index in [0.29, 0.717) is 6.42 Å². The van der Waals surface area contributed by atoms with Gasteiger partial charge in [0.1, 0.15) is 5.78 Å². The zero-order valence-corrected chi connectivity index (χ0v) is 15.8. The molecule has 1 aliphatic rings. The lowest BCUT2D eigenvalue weighted by Gasteiger charge is -2.35. The summed E-state index contributed by atoms with van der Waals surface area (Å²) >= 11 is 0. The van der Waals surface area contributed by atoms with Gasteiger partial charge in [-0.1, -0.05) is 26.0 Å². The molecule has 0 aromatic rings. The van der Waals surface area contributed by atoms with E-state index in [-0.39, 0.29) is 42.8 Å². The SMILES string of the molecule is C/C=C/C(O)CC1CCC(C)C(CC(=O)NCC(O)C(C)C(C)=O)O1. The summed E-state index contributed by atoms with van der Waals surface area (Å²) in [4.78, 5) is 23.4. The van der Waals surface area contributed by atoms with Gasteiger partial charge < -0.3 is 20.3 Å². The van der Waals surface area contributed by atoms with E-state index in [4.69, 9.17) is 4.74 Å². The Morgan fingerprint density at radius 2 is 2.00 bits per heavy atom. The summed E-state index contributed by atoms with van der Waals surface area (Å²) < 4.78 is 6.01. The van der Waals surface area contributed by atoms with Gasteiger partial charge >= 0.3 is 0 Å². The Bertz CT molecular complexity index is 465. The van der Waals surface area contributed by atoms with E-state index in [2.05, 4.69) is 12.2 Å². The second kappa shape index (κ2) is 10.7. The van der Waals surface area contributed by atoms with E-state index in [1.807, 2.05) is 13.0 Å². The Hall–Kier alpha value is -1.24. The highest BCUT2D eigenvalue weighted by Gasteiger charge is 2.31. The van der Waals surface area contributed by atoms with E-state index < -0.39 is 18.1 Å². The van der Waals surface area contributed by atoms with Crippen molar-refractivity contribution >= 4 is 11.7 Å². The number of rotatable bonds is 9. The van der Waals surface area contributed by atoms with E-state index in [1.165, 1.54) is 6.92 Å². The second-order valence-corrected chi connectivity index (χ2v) is 7.15. The van der Waals surface area contributed by atoms with E-state index >= 15 is 0 Å². The Kier molecular flexibility index (Phi) is 9.32. The summed E-state index contributed by atoms with van der Waals surface area (Å²) in [6.45, 7) is 7.05. The molecule has 25 heavy (non-hydrogen) atoms. The molecule has 6 unspecified atom stereocenters. The number of nitrogens with one attached hydrogen (secondary N) is 1. The van der Waals surface area contributed by atoms with Crippen LogP contribution in [-0.2, 0) is 14.3 Å². The third-order valence-electron chi connectivity index (χ3n) is 4.98. The Balaban J connectivity index is 2.44. The summed E-state index contributed by atoms with van der Waals surface area (Å²) in [6.07, 6.45) is 4.48. The maximum absolute atomic E-state index is 12.1. The van der Waals surface area contributed by atoms with Crippen LogP contribution in [0, 0.1) is 11.8 Å². The van der Waals surface area contributed by atoms with Crippen molar-refractivity contribution < 1.29 is 24.5 Å². The van der Waals surface area contributed by atoms with E-state index in [0.717, 1.165) is 12.8 Å². The Labute approximate surface area is 150 Å². The van der Waals surface area contributed by atoms with Gasteiger partial charge in [-0.25, -0.2) is 0 Å². The quantitative estimate of drug-likeness (QED) is 0.546. The van der Waals surface area contributed by atoms with Crippen LogP contribution in [0.15, 0.2) is 12.2 Å². The van der Waals surface area contributed by atoms with Crippen LogP contribution in [0.2, 0.25) is 0 Å². The molecule has 1 saturated heterocycles. The van der Waals surface area contributed by atoms with Crippen LogP contribution in [-0.4, -0.2) is 52.9 Å². The first-order valence-electron chi connectivity index (χ1n) is 9.16. The highest BCUT2D eigenvalue weighted by molar-refractivity contribution is 5.79. The maximum atomic E-state index is 12.1. The molecule has 1 rings (SSSR count). The van der Waals surface area contributed by atoms with Crippen LogP contribution < -0.4 is 5.32 Å². The Morgan fingerprint density at radius 1 is 1.32 bits per heavy atom. The molecule has 144 valence electrons. The van der Waals surface area contributed by atoms with Gasteiger partial charge in [-0.2, -0.15) is 0 Å². The monoisotopic (exact) mass is 355 g/mol. The van der Waals surface area contributed by atoms with Gasteiger partial charge in [0.2, 0.25) is 5.91 Å². The highest BCUT2D eigenvalue weighted by Crippen LogP contribution is 2.29. The number of allylic oxidation sites excluding steroid dienone is 1. The number of amides is 1. The van der Waals surface area contributed by atoms with Crippen LogP contribution in [0.1, 0.15) is 53.4 Å². The van der Waals surface area contributed by atoms with Crippen molar-refractivity contribution in [2.75, 3.05) is 6.54 Å². The van der Waals surface area contributed by atoms with Gasteiger partial charge in [-0.3, -0.25) is 9.59 Å². The second-order valence-electron chi connectivity index (χ2n) is 7.15. The van der Waals surface area contributed by atoms with Crippen LogP contribution in [0.25, 0.3) is 0 Å². The fourth-order valence-corrected chi connectivity index (χ4v) is 3.00. The number of ketones is 1. The van der Waals surface area contributed by atoms with E-state index in [1.54, 1.807) is 13.0 Å². The molecular weight excluding hydrogens is 322 g/mol. The van der Waals surface area contributed by atoms with Crippen molar-refractivity contribution in [3.8, 4) is 0 Å². The molecule has 0 aromatic heterocycles. The lowest BCUT2D eigenvalue weighted by molar-refractivity contribution is -0.133. The molecular formula is C19H33NO5. The minimum absolute atomic E-state index is 0.0523. The third kappa shape index (κ3) is 7.67. The first-order valence-corrected chi connectivity index (χ1v) is 9.16. The predicted octanol–water partition coefficient (Wildman–Crippen LogP) is 1.59. The highest BCUT2D eigenvalue weighted by atomic mass is 16.5. The lowest BCUT2D eigenvalue weighted by atomic mass is 9.89. The first-order chi connectivity index (χ1) is 11.7. The largest absolute Gasteiger partial charge is 0.391 e. The van der Waals surface area contributed by atoms with Gasteiger partial charge in [0.15, 0.2) is 0 Å². The topological polar surface area (TPSA) is 95.9 Å². The van der Waals surface area contributed by atoms with Crippen molar-refractivity contribution in [3.63, 3.8) is 0 Å². The van der Waals surface area contributed by atoms with E-state index in [9.17, 15) is 19.8 Å². The minimum atomic E-state index is -0.880. The Morgan fingerprint density at radius 3 is 2.60 bits per heavy atom. The zero-order chi connectivity index (χ0) is 19.0. The van der Waals surface area contributed by atoms with Crippen molar-refractivity contribution in [2.24, 2.45) is 11.8 Å². The number of hydrogen-bond acceptors (Lipinski definition) is 5. The molecule has 6 atom stereocenters. The average molecular weight is 355 g/mol. The zero-order valence-electron chi connectivity index (χ0n) is 15.8.